The average molecular weight is 338 g/mol. The monoisotopic (exact) mass is 337 g/mol. The van der Waals surface area contributed by atoms with Crippen LogP contribution in [0.25, 0.3) is 0 Å². The van der Waals surface area contributed by atoms with Crippen LogP contribution in [0.2, 0.25) is 0 Å². The van der Waals surface area contributed by atoms with Gasteiger partial charge in [-0.3, -0.25) is 4.79 Å². The molecule has 1 fully saturated rings. The highest BCUT2D eigenvalue weighted by Crippen LogP contribution is 2.24. The van der Waals surface area contributed by atoms with E-state index in [1.807, 2.05) is 12.1 Å². The fourth-order valence-electron chi connectivity index (χ4n) is 2.98. The molecule has 0 unspecified atom stereocenters. The molecular weight excluding hydrogens is 314 g/mol. The third-order valence-electron chi connectivity index (χ3n) is 4.21. The van der Waals surface area contributed by atoms with E-state index < -0.39 is 0 Å². The van der Waals surface area contributed by atoms with Gasteiger partial charge in [0.05, 0.1) is 0 Å². The Hall–Kier alpha value is -0.830. The van der Waals surface area contributed by atoms with Crippen LogP contribution in [0, 0.1) is 0 Å². The molecule has 1 aromatic rings. The molecule has 0 atom stereocenters. The van der Waals surface area contributed by atoms with Crippen LogP contribution in [0.15, 0.2) is 24.3 Å². The van der Waals surface area contributed by atoms with E-state index in [2.05, 4.69) is 39.9 Å². The molecule has 110 valence electrons. The molecule has 0 spiro atoms. The first-order chi connectivity index (χ1) is 9.76. The van der Waals surface area contributed by atoms with E-state index in [0.717, 1.165) is 36.7 Å². The molecule has 0 aliphatic heterocycles. The maximum absolute atomic E-state index is 12.7. The van der Waals surface area contributed by atoms with Crippen LogP contribution in [-0.4, -0.2) is 28.7 Å². The fraction of sp³-hybridized carbons (Fsp3) is 0.588. The Morgan fingerprint density at radius 2 is 1.85 bits per heavy atom. The Kier molecular flexibility index (Phi) is 6.08. The minimum atomic E-state index is 0.194. The van der Waals surface area contributed by atoms with Crippen LogP contribution >= 0.6 is 15.9 Å². The molecule has 1 aliphatic rings. The molecule has 0 saturated heterocycles. The number of rotatable bonds is 5. The summed E-state index contributed by atoms with van der Waals surface area (Å²) in [6.45, 7) is 2.94. The van der Waals surface area contributed by atoms with Crippen LogP contribution in [0.1, 0.15) is 54.9 Å². The number of benzene rings is 1. The number of amides is 1. The first kappa shape index (κ1) is 15.6. The summed E-state index contributed by atoms with van der Waals surface area (Å²) in [5.74, 6) is 0.194. The molecule has 1 aromatic carbocycles. The van der Waals surface area contributed by atoms with Gasteiger partial charge >= 0.3 is 0 Å². The minimum Gasteiger partial charge on any atom is -0.335 e. The smallest absolute Gasteiger partial charge is 0.254 e. The topological polar surface area (TPSA) is 20.3 Å². The third kappa shape index (κ3) is 3.85. The average Bonchev–Trinajstić information content (AvgIpc) is 2.53. The summed E-state index contributed by atoms with van der Waals surface area (Å²) in [5.41, 5.74) is 2.11. The van der Waals surface area contributed by atoms with E-state index in [0.29, 0.717) is 6.04 Å². The van der Waals surface area contributed by atoms with Crippen molar-refractivity contribution in [2.45, 2.75) is 51.5 Å². The van der Waals surface area contributed by atoms with Crippen molar-refractivity contribution in [1.29, 1.82) is 0 Å². The zero-order valence-electron chi connectivity index (χ0n) is 12.3. The van der Waals surface area contributed by atoms with Crippen LogP contribution in [0.4, 0.5) is 0 Å². The van der Waals surface area contributed by atoms with Crippen LogP contribution in [0.5, 0.6) is 0 Å². The first-order valence-corrected chi connectivity index (χ1v) is 8.84. The van der Waals surface area contributed by atoms with Gasteiger partial charge in [-0.1, -0.05) is 54.2 Å². The highest BCUT2D eigenvalue weighted by Gasteiger charge is 2.25. The van der Waals surface area contributed by atoms with Crippen molar-refractivity contribution < 1.29 is 4.79 Å². The van der Waals surface area contributed by atoms with Crippen molar-refractivity contribution in [3.05, 3.63) is 35.4 Å². The first-order valence-electron chi connectivity index (χ1n) is 7.72. The van der Waals surface area contributed by atoms with Crippen molar-refractivity contribution >= 4 is 21.8 Å². The van der Waals surface area contributed by atoms with Gasteiger partial charge in [-0.25, -0.2) is 0 Å². The second-order valence-corrected chi connectivity index (χ2v) is 6.32. The van der Waals surface area contributed by atoms with Crippen molar-refractivity contribution in [3.63, 3.8) is 0 Å². The molecule has 20 heavy (non-hydrogen) atoms. The van der Waals surface area contributed by atoms with Crippen molar-refractivity contribution in [2.24, 2.45) is 0 Å². The van der Waals surface area contributed by atoms with Gasteiger partial charge < -0.3 is 4.90 Å². The molecule has 0 aromatic heterocycles. The predicted octanol–water partition coefficient (Wildman–Crippen LogP) is 4.42. The maximum atomic E-state index is 12.7. The molecule has 0 N–H and O–H groups in total. The normalized spacial score (nSPS) is 16.1. The predicted molar refractivity (Wildman–Crippen MR) is 87.5 cm³/mol. The largest absolute Gasteiger partial charge is 0.335 e. The lowest BCUT2D eigenvalue weighted by Crippen LogP contribution is -2.42. The van der Waals surface area contributed by atoms with Crippen molar-refractivity contribution in [3.8, 4) is 0 Å². The van der Waals surface area contributed by atoms with E-state index in [1.54, 1.807) is 0 Å². The minimum absolute atomic E-state index is 0.194. The lowest BCUT2D eigenvalue weighted by Gasteiger charge is -2.34. The lowest BCUT2D eigenvalue weighted by molar-refractivity contribution is 0.0651. The number of nitrogens with zero attached hydrogens (tertiary/aromatic N) is 1. The Morgan fingerprint density at radius 1 is 1.20 bits per heavy atom. The number of aryl methyl sites for hydroxylation is 1. The zero-order chi connectivity index (χ0) is 14.4. The third-order valence-corrected chi connectivity index (χ3v) is 4.57. The van der Waals surface area contributed by atoms with Gasteiger partial charge in [0.2, 0.25) is 0 Å². The number of halogens is 1. The SMILES string of the molecule is CCc1ccc(C(=O)N(CCBr)C2CCCCC2)cc1. The molecule has 1 saturated carbocycles. The fourth-order valence-corrected chi connectivity index (χ4v) is 3.36. The van der Waals surface area contributed by atoms with E-state index >= 15 is 0 Å². The number of carbonyl (C=O) groups excluding carboxylic acids is 1. The van der Waals surface area contributed by atoms with Crippen molar-refractivity contribution in [1.82, 2.24) is 4.90 Å². The van der Waals surface area contributed by atoms with E-state index in [1.165, 1.54) is 24.8 Å². The molecule has 0 heterocycles. The van der Waals surface area contributed by atoms with Crippen LogP contribution in [0.3, 0.4) is 0 Å². The molecule has 0 radical (unpaired) electrons. The van der Waals surface area contributed by atoms with Gasteiger partial charge in [0, 0.05) is 23.5 Å². The van der Waals surface area contributed by atoms with E-state index in [9.17, 15) is 4.79 Å². The Labute approximate surface area is 130 Å². The van der Waals surface area contributed by atoms with Crippen molar-refractivity contribution in [2.75, 3.05) is 11.9 Å². The number of carbonyl (C=O) groups is 1. The molecule has 2 rings (SSSR count). The molecule has 1 amide bonds. The summed E-state index contributed by atoms with van der Waals surface area (Å²) in [4.78, 5) is 14.8. The maximum Gasteiger partial charge on any atom is 0.254 e. The molecule has 0 bridgehead atoms. The summed E-state index contributed by atoms with van der Waals surface area (Å²) >= 11 is 3.49. The standard InChI is InChI=1S/C17H24BrNO/c1-2-14-8-10-15(11-9-14)17(20)19(13-12-18)16-6-4-3-5-7-16/h8-11,16H,2-7,12-13H2,1H3. The highest BCUT2D eigenvalue weighted by molar-refractivity contribution is 9.09. The molecule has 2 nitrogen and oxygen atoms in total. The number of hydrogen-bond donors (Lipinski definition) is 0. The second kappa shape index (κ2) is 7.82. The summed E-state index contributed by atoms with van der Waals surface area (Å²) in [6, 6.07) is 8.52. The van der Waals surface area contributed by atoms with Gasteiger partial charge in [-0.15, -0.1) is 0 Å². The van der Waals surface area contributed by atoms with Gasteiger partial charge in [-0.2, -0.15) is 0 Å². The lowest BCUT2D eigenvalue weighted by atomic mass is 9.93. The summed E-state index contributed by atoms with van der Waals surface area (Å²) in [6.07, 6.45) is 7.16. The summed E-state index contributed by atoms with van der Waals surface area (Å²) in [5, 5.41) is 0.849. The van der Waals surface area contributed by atoms with E-state index in [-0.39, 0.29) is 5.91 Å². The van der Waals surface area contributed by atoms with Crippen LogP contribution < -0.4 is 0 Å². The number of alkyl halides is 1. The summed E-state index contributed by atoms with van der Waals surface area (Å²) < 4.78 is 0. The second-order valence-electron chi connectivity index (χ2n) is 5.53. The Bertz CT molecular complexity index is 423. The number of hydrogen-bond acceptors (Lipinski definition) is 1. The Balaban J connectivity index is 2.12. The zero-order valence-corrected chi connectivity index (χ0v) is 13.9. The summed E-state index contributed by atoms with van der Waals surface area (Å²) in [7, 11) is 0. The van der Waals surface area contributed by atoms with E-state index in [4.69, 9.17) is 0 Å². The highest BCUT2D eigenvalue weighted by atomic mass is 79.9. The van der Waals surface area contributed by atoms with Gasteiger partial charge in [0.15, 0.2) is 0 Å². The Morgan fingerprint density at radius 3 is 2.40 bits per heavy atom. The molecule has 3 heteroatoms. The van der Waals surface area contributed by atoms with Crippen LogP contribution in [-0.2, 0) is 6.42 Å². The molecular formula is C17H24BrNO. The molecule has 1 aliphatic carbocycles. The quantitative estimate of drug-likeness (QED) is 0.728. The van der Waals surface area contributed by atoms with Gasteiger partial charge in [-0.05, 0) is 37.0 Å². The van der Waals surface area contributed by atoms with Gasteiger partial charge in [0.1, 0.15) is 0 Å². The van der Waals surface area contributed by atoms with Gasteiger partial charge in [0.25, 0.3) is 5.91 Å².